The van der Waals surface area contributed by atoms with Crippen LogP contribution < -0.4 is 0 Å². The molecule has 4 aliphatic rings. The second kappa shape index (κ2) is 9.41. The highest BCUT2D eigenvalue weighted by Crippen LogP contribution is 2.68. The lowest BCUT2D eigenvalue weighted by atomic mass is 9.44. The van der Waals surface area contributed by atoms with Crippen molar-refractivity contribution < 1.29 is 9.63 Å². The fourth-order valence-electron chi connectivity index (χ4n) is 9.30. The second-order valence-corrected chi connectivity index (χ2v) is 13.1. The fourth-order valence-corrected chi connectivity index (χ4v) is 9.30. The van der Waals surface area contributed by atoms with Crippen molar-refractivity contribution in [2.45, 2.75) is 119 Å². The van der Waals surface area contributed by atoms with Crippen LogP contribution >= 0.6 is 0 Å². The van der Waals surface area contributed by atoms with Gasteiger partial charge >= 0.3 is 5.97 Å². The molecule has 0 spiro atoms. The summed E-state index contributed by atoms with van der Waals surface area (Å²) in [5.74, 6) is 5.89. The van der Waals surface area contributed by atoms with E-state index in [0.29, 0.717) is 10.8 Å². The predicted molar refractivity (Wildman–Crippen MR) is 132 cm³/mol. The van der Waals surface area contributed by atoms with Gasteiger partial charge in [-0.3, -0.25) is 0 Å². The van der Waals surface area contributed by atoms with Crippen molar-refractivity contribution in [2.75, 3.05) is 0 Å². The maximum absolute atomic E-state index is 11.2. The van der Waals surface area contributed by atoms with Crippen molar-refractivity contribution >= 4 is 11.7 Å². The number of hydrogen-bond donors (Lipinski definition) is 0. The smallest absolute Gasteiger partial charge is 0.319 e. The molecule has 32 heavy (non-hydrogen) atoms. The molecule has 4 rings (SSSR count). The molecule has 4 saturated carbocycles. The van der Waals surface area contributed by atoms with Crippen LogP contribution in [0.1, 0.15) is 119 Å². The molecule has 0 radical (unpaired) electrons. The van der Waals surface area contributed by atoms with E-state index in [-0.39, 0.29) is 5.97 Å². The zero-order valence-electron chi connectivity index (χ0n) is 21.8. The van der Waals surface area contributed by atoms with E-state index in [1.54, 1.807) is 0 Å². The standard InChI is InChI=1S/C29H49NO2/c1-19(2)8-7-9-20(3)25-12-13-26-24-11-10-22-18-23(30-32-21(4)31)14-16-28(22,5)27(24)15-17-29(25,26)6/h19-20,22,24-27H,7-18H2,1-6H3/b30-23+. The number of nitrogens with zero attached hydrogens (tertiary/aromatic N) is 1. The van der Waals surface area contributed by atoms with Crippen LogP contribution in [0.25, 0.3) is 0 Å². The van der Waals surface area contributed by atoms with Crippen LogP contribution in [0, 0.1) is 52.3 Å². The maximum atomic E-state index is 11.2. The first-order valence-electron chi connectivity index (χ1n) is 13.9. The molecule has 4 aliphatic carbocycles. The zero-order chi connectivity index (χ0) is 23.1. The van der Waals surface area contributed by atoms with E-state index in [1.807, 2.05) is 0 Å². The summed E-state index contributed by atoms with van der Waals surface area (Å²) in [5.41, 5.74) is 2.16. The summed E-state index contributed by atoms with van der Waals surface area (Å²) in [4.78, 5) is 16.2. The Kier molecular flexibility index (Phi) is 7.14. The van der Waals surface area contributed by atoms with Gasteiger partial charge in [0, 0.05) is 6.92 Å². The van der Waals surface area contributed by atoms with Crippen LogP contribution in [0.4, 0.5) is 0 Å². The molecule has 8 unspecified atom stereocenters. The van der Waals surface area contributed by atoms with Gasteiger partial charge in [0.25, 0.3) is 0 Å². The molecule has 0 amide bonds. The van der Waals surface area contributed by atoms with Crippen LogP contribution in [-0.2, 0) is 9.63 Å². The van der Waals surface area contributed by atoms with Crippen molar-refractivity contribution in [1.82, 2.24) is 0 Å². The summed E-state index contributed by atoms with van der Waals surface area (Å²) >= 11 is 0. The second-order valence-electron chi connectivity index (χ2n) is 13.1. The molecular weight excluding hydrogens is 394 g/mol. The largest absolute Gasteiger partial charge is 0.331 e. The third kappa shape index (κ3) is 4.43. The van der Waals surface area contributed by atoms with Crippen LogP contribution in [0.5, 0.6) is 0 Å². The van der Waals surface area contributed by atoms with Crippen molar-refractivity contribution in [1.29, 1.82) is 0 Å². The Morgan fingerprint density at radius 2 is 1.75 bits per heavy atom. The van der Waals surface area contributed by atoms with E-state index < -0.39 is 0 Å². The van der Waals surface area contributed by atoms with Gasteiger partial charge in [0.1, 0.15) is 0 Å². The molecule has 0 aliphatic heterocycles. The van der Waals surface area contributed by atoms with Gasteiger partial charge in [0.05, 0.1) is 5.71 Å². The molecule has 0 aromatic carbocycles. The molecule has 8 atom stereocenters. The van der Waals surface area contributed by atoms with Crippen LogP contribution in [-0.4, -0.2) is 11.7 Å². The molecule has 0 bridgehead atoms. The number of rotatable bonds is 6. The zero-order valence-corrected chi connectivity index (χ0v) is 21.8. The van der Waals surface area contributed by atoms with Crippen molar-refractivity contribution in [3.63, 3.8) is 0 Å². The Balaban J connectivity index is 1.43. The molecule has 0 N–H and O–H groups in total. The van der Waals surface area contributed by atoms with Gasteiger partial charge in [-0.05, 0) is 110 Å². The highest BCUT2D eigenvalue weighted by Gasteiger charge is 2.60. The monoisotopic (exact) mass is 443 g/mol. The molecule has 0 aromatic heterocycles. The normalized spacial score (nSPS) is 43.5. The quantitative estimate of drug-likeness (QED) is 0.308. The minimum Gasteiger partial charge on any atom is -0.319 e. The van der Waals surface area contributed by atoms with Gasteiger partial charge in [0.2, 0.25) is 0 Å². The summed E-state index contributed by atoms with van der Waals surface area (Å²) in [6.45, 7) is 14.1. The van der Waals surface area contributed by atoms with Crippen molar-refractivity contribution in [3.8, 4) is 0 Å². The number of fused-ring (bicyclic) bond motifs is 5. The first kappa shape index (κ1) is 24.3. The molecular formula is C29H49NO2. The minimum atomic E-state index is -0.296. The average Bonchev–Trinajstić information content (AvgIpc) is 3.09. The minimum absolute atomic E-state index is 0.296. The first-order valence-corrected chi connectivity index (χ1v) is 13.9. The van der Waals surface area contributed by atoms with Gasteiger partial charge in [-0.1, -0.05) is 59.0 Å². The van der Waals surface area contributed by atoms with E-state index in [2.05, 4.69) is 39.8 Å². The molecule has 3 nitrogen and oxygen atoms in total. The Labute approximate surface area is 197 Å². The molecule has 0 saturated heterocycles. The Morgan fingerprint density at radius 3 is 2.47 bits per heavy atom. The van der Waals surface area contributed by atoms with E-state index in [1.165, 1.54) is 71.1 Å². The number of carbonyl (C=O) groups is 1. The number of hydrogen-bond acceptors (Lipinski definition) is 3. The molecule has 4 fully saturated rings. The maximum Gasteiger partial charge on any atom is 0.331 e. The summed E-state index contributed by atoms with van der Waals surface area (Å²) in [6, 6.07) is 0. The number of carbonyl (C=O) groups excluding carboxylic acids is 1. The van der Waals surface area contributed by atoms with Crippen molar-refractivity contribution in [3.05, 3.63) is 0 Å². The van der Waals surface area contributed by atoms with Gasteiger partial charge in [-0.15, -0.1) is 0 Å². The first-order chi connectivity index (χ1) is 15.1. The average molecular weight is 444 g/mol. The molecule has 0 heterocycles. The van der Waals surface area contributed by atoms with Crippen LogP contribution in [0.15, 0.2) is 5.16 Å². The molecule has 3 heteroatoms. The highest BCUT2D eigenvalue weighted by atomic mass is 16.7. The Morgan fingerprint density at radius 1 is 1.00 bits per heavy atom. The Hall–Kier alpha value is -0.860. The van der Waals surface area contributed by atoms with Gasteiger partial charge in [-0.25, -0.2) is 4.79 Å². The van der Waals surface area contributed by atoms with Crippen molar-refractivity contribution in [2.24, 2.45) is 57.4 Å². The van der Waals surface area contributed by atoms with E-state index >= 15 is 0 Å². The fraction of sp³-hybridized carbons (Fsp3) is 0.931. The summed E-state index contributed by atoms with van der Waals surface area (Å²) in [5, 5.41) is 4.20. The van der Waals surface area contributed by atoms with Crippen LogP contribution in [0.3, 0.4) is 0 Å². The SMILES string of the molecule is CC(=O)O/N=C1\CCC2(C)C(CCC3C2CCC2(C)C(C(C)CCCC(C)C)CCC32)C1. The topological polar surface area (TPSA) is 38.7 Å². The lowest BCUT2D eigenvalue weighted by molar-refractivity contribution is -0.141. The van der Waals surface area contributed by atoms with E-state index in [0.717, 1.165) is 60.0 Å². The Bertz CT molecular complexity index is 714. The summed E-state index contributed by atoms with van der Waals surface area (Å²) in [7, 11) is 0. The van der Waals surface area contributed by atoms with Gasteiger partial charge in [-0.2, -0.15) is 0 Å². The predicted octanol–water partition coefficient (Wildman–Crippen LogP) is 8.03. The third-order valence-corrected chi connectivity index (χ3v) is 11.0. The summed E-state index contributed by atoms with van der Waals surface area (Å²) in [6.07, 6.45) is 16.2. The third-order valence-electron chi connectivity index (χ3n) is 11.0. The molecule has 0 aromatic rings. The molecule has 182 valence electrons. The van der Waals surface area contributed by atoms with Gasteiger partial charge < -0.3 is 4.84 Å². The van der Waals surface area contributed by atoms with Crippen LogP contribution in [0.2, 0.25) is 0 Å². The lowest BCUT2D eigenvalue weighted by Crippen LogP contribution is -2.53. The van der Waals surface area contributed by atoms with Gasteiger partial charge in [0.15, 0.2) is 0 Å². The van der Waals surface area contributed by atoms with E-state index in [9.17, 15) is 4.79 Å². The lowest BCUT2D eigenvalue weighted by Gasteiger charge is -2.60. The number of oxime groups is 1. The van der Waals surface area contributed by atoms with E-state index in [4.69, 9.17) is 4.84 Å². The summed E-state index contributed by atoms with van der Waals surface area (Å²) < 4.78 is 0. The highest BCUT2D eigenvalue weighted by molar-refractivity contribution is 5.85.